The molecular formula is C15H18N2O2S. The van der Waals surface area contributed by atoms with E-state index in [9.17, 15) is 5.11 Å². The Labute approximate surface area is 123 Å². The van der Waals surface area contributed by atoms with Crippen LogP contribution >= 0.6 is 12.2 Å². The van der Waals surface area contributed by atoms with Crippen LogP contribution in [0.15, 0.2) is 36.4 Å². The molecule has 0 bridgehead atoms. The number of phenols is 1. The number of phenolic OH excluding ortho intramolecular Hbond substituents is 1. The molecular weight excluding hydrogens is 272 g/mol. The lowest BCUT2D eigenvalue weighted by atomic mass is 10.1. The molecule has 3 N–H and O–H groups in total. The summed E-state index contributed by atoms with van der Waals surface area (Å²) in [6, 6.07) is 11.2. The molecule has 1 atom stereocenters. The van der Waals surface area contributed by atoms with Gasteiger partial charge in [-0.05, 0) is 31.3 Å². The molecule has 106 valence electrons. The van der Waals surface area contributed by atoms with Crippen molar-refractivity contribution in [3.63, 3.8) is 0 Å². The van der Waals surface area contributed by atoms with Crippen LogP contribution in [0.2, 0.25) is 0 Å². The predicted molar refractivity (Wildman–Crippen MR) is 86.3 cm³/mol. The molecule has 0 saturated heterocycles. The first-order chi connectivity index (χ1) is 9.61. The van der Waals surface area contributed by atoms with Gasteiger partial charge in [-0.2, -0.15) is 0 Å². The zero-order valence-corrected chi connectivity index (χ0v) is 12.3. The van der Waals surface area contributed by atoms with Gasteiger partial charge >= 0.3 is 0 Å². The van der Waals surface area contributed by atoms with Crippen LogP contribution in [0.1, 0.15) is 6.92 Å². The van der Waals surface area contributed by atoms with Gasteiger partial charge in [0.2, 0.25) is 0 Å². The fraction of sp³-hybridized carbons (Fsp3) is 0.267. The normalized spacial score (nSPS) is 12.1. The molecule has 5 heteroatoms. The number of hydrogen-bond acceptors (Lipinski definition) is 3. The third-order valence-corrected chi connectivity index (χ3v) is 3.16. The monoisotopic (exact) mass is 290 g/mol. The van der Waals surface area contributed by atoms with E-state index in [4.69, 9.17) is 17.0 Å². The van der Waals surface area contributed by atoms with E-state index >= 15 is 0 Å². The van der Waals surface area contributed by atoms with E-state index in [1.54, 1.807) is 13.2 Å². The first kappa shape index (κ1) is 14.6. The van der Waals surface area contributed by atoms with Crippen molar-refractivity contribution < 1.29 is 9.84 Å². The van der Waals surface area contributed by atoms with Crippen LogP contribution in [0.3, 0.4) is 0 Å². The van der Waals surface area contributed by atoms with Crippen LogP contribution in [0.4, 0.5) is 5.69 Å². The molecule has 0 fully saturated rings. The van der Waals surface area contributed by atoms with Crippen LogP contribution in [-0.4, -0.2) is 30.0 Å². The highest BCUT2D eigenvalue weighted by atomic mass is 32.1. The van der Waals surface area contributed by atoms with Crippen molar-refractivity contribution in [1.29, 1.82) is 0 Å². The van der Waals surface area contributed by atoms with E-state index in [1.807, 2.05) is 37.3 Å². The minimum absolute atomic E-state index is 0.128. The predicted octanol–water partition coefficient (Wildman–Crippen LogP) is 2.87. The Bertz CT molecular complexity index is 616. The average molecular weight is 290 g/mol. The summed E-state index contributed by atoms with van der Waals surface area (Å²) in [6.07, 6.45) is 0. The molecule has 2 aromatic rings. The van der Waals surface area contributed by atoms with Gasteiger partial charge in [0, 0.05) is 29.6 Å². The molecule has 0 heterocycles. The molecule has 0 unspecified atom stereocenters. The second-order valence-corrected chi connectivity index (χ2v) is 5.04. The van der Waals surface area contributed by atoms with Gasteiger partial charge in [-0.3, -0.25) is 0 Å². The van der Waals surface area contributed by atoms with Crippen molar-refractivity contribution in [3.05, 3.63) is 36.4 Å². The third-order valence-electron chi connectivity index (χ3n) is 2.94. The van der Waals surface area contributed by atoms with Crippen molar-refractivity contribution in [2.75, 3.05) is 19.0 Å². The molecule has 2 rings (SSSR count). The van der Waals surface area contributed by atoms with Gasteiger partial charge in [0.05, 0.1) is 6.61 Å². The Morgan fingerprint density at radius 3 is 2.70 bits per heavy atom. The first-order valence-electron chi connectivity index (χ1n) is 6.39. The quantitative estimate of drug-likeness (QED) is 0.756. The van der Waals surface area contributed by atoms with Gasteiger partial charge in [-0.25, -0.2) is 0 Å². The van der Waals surface area contributed by atoms with Crippen molar-refractivity contribution in [1.82, 2.24) is 5.32 Å². The van der Waals surface area contributed by atoms with Crippen LogP contribution in [0.5, 0.6) is 5.75 Å². The van der Waals surface area contributed by atoms with Gasteiger partial charge in [0.25, 0.3) is 0 Å². The lowest BCUT2D eigenvalue weighted by Crippen LogP contribution is -2.38. The molecule has 4 nitrogen and oxygen atoms in total. The molecule has 0 aliphatic carbocycles. The minimum Gasteiger partial charge on any atom is -0.507 e. The highest BCUT2D eigenvalue weighted by molar-refractivity contribution is 7.80. The minimum atomic E-state index is 0.128. The number of aromatic hydroxyl groups is 1. The summed E-state index contributed by atoms with van der Waals surface area (Å²) in [6.45, 7) is 2.57. The zero-order valence-electron chi connectivity index (χ0n) is 11.5. The number of hydrogen-bond donors (Lipinski definition) is 3. The summed E-state index contributed by atoms with van der Waals surface area (Å²) in [5, 5.41) is 18.4. The highest BCUT2D eigenvalue weighted by Gasteiger charge is 2.07. The van der Waals surface area contributed by atoms with E-state index in [-0.39, 0.29) is 11.8 Å². The Kier molecular flexibility index (Phi) is 4.76. The number of rotatable bonds is 4. The first-order valence-corrected chi connectivity index (χ1v) is 6.80. The lowest BCUT2D eigenvalue weighted by molar-refractivity contribution is 0.179. The summed E-state index contributed by atoms with van der Waals surface area (Å²) in [5.74, 6) is 0.262. The second kappa shape index (κ2) is 6.54. The molecule has 2 aromatic carbocycles. The Morgan fingerprint density at radius 2 is 1.95 bits per heavy atom. The largest absolute Gasteiger partial charge is 0.507 e. The SMILES string of the molecule is COC[C@H](C)NC(=S)Nc1cccc2c(O)cccc12. The van der Waals surface area contributed by atoms with Crippen molar-refractivity contribution in [2.45, 2.75) is 13.0 Å². The Hall–Kier alpha value is -1.85. The molecule has 0 amide bonds. The van der Waals surface area contributed by atoms with Gasteiger partial charge in [0.15, 0.2) is 5.11 Å². The van der Waals surface area contributed by atoms with Gasteiger partial charge in [-0.15, -0.1) is 0 Å². The molecule has 0 saturated carbocycles. The number of anilines is 1. The van der Waals surface area contributed by atoms with Crippen molar-refractivity contribution in [2.24, 2.45) is 0 Å². The van der Waals surface area contributed by atoms with Crippen LogP contribution < -0.4 is 10.6 Å². The van der Waals surface area contributed by atoms with Gasteiger partial charge < -0.3 is 20.5 Å². The number of ether oxygens (including phenoxy) is 1. The van der Waals surface area contributed by atoms with E-state index in [2.05, 4.69) is 10.6 Å². The number of thiocarbonyl (C=S) groups is 1. The van der Waals surface area contributed by atoms with Crippen LogP contribution in [0, 0.1) is 0 Å². The molecule has 0 spiro atoms. The Morgan fingerprint density at radius 1 is 1.25 bits per heavy atom. The molecule has 0 aromatic heterocycles. The second-order valence-electron chi connectivity index (χ2n) is 4.63. The summed E-state index contributed by atoms with van der Waals surface area (Å²) >= 11 is 5.28. The van der Waals surface area contributed by atoms with E-state index < -0.39 is 0 Å². The van der Waals surface area contributed by atoms with Crippen LogP contribution in [0.25, 0.3) is 10.8 Å². The standard InChI is InChI=1S/C15H18N2O2S/c1-10(9-19-2)16-15(20)17-13-7-3-6-12-11(13)5-4-8-14(12)18/h3-8,10,18H,9H2,1-2H3,(H2,16,17,20)/t10-/m0/s1. The number of methoxy groups -OCH3 is 1. The smallest absolute Gasteiger partial charge is 0.171 e. The maximum absolute atomic E-state index is 9.85. The van der Waals surface area contributed by atoms with Crippen molar-refractivity contribution >= 4 is 33.8 Å². The maximum atomic E-state index is 9.85. The lowest BCUT2D eigenvalue weighted by Gasteiger charge is -2.17. The topological polar surface area (TPSA) is 53.5 Å². The highest BCUT2D eigenvalue weighted by Crippen LogP contribution is 2.29. The summed E-state index contributed by atoms with van der Waals surface area (Å²) < 4.78 is 5.06. The molecule has 0 aliphatic heterocycles. The van der Waals surface area contributed by atoms with Gasteiger partial charge in [0.1, 0.15) is 5.75 Å². The molecule has 0 aliphatic rings. The van der Waals surface area contributed by atoms with Gasteiger partial charge in [-0.1, -0.05) is 24.3 Å². The summed E-state index contributed by atoms with van der Waals surface area (Å²) in [7, 11) is 1.65. The van der Waals surface area contributed by atoms with E-state index in [1.165, 1.54) is 0 Å². The average Bonchev–Trinajstić information content (AvgIpc) is 2.40. The fourth-order valence-corrected chi connectivity index (χ4v) is 2.39. The Balaban J connectivity index is 2.18. The molecule has 0 radical (unpaired) electrons. The van der Waals surface area contributed by atoms with E-state index in [0.29, 0.717) is 11.7 Å². The summed E-state index contributed by atoms with van der Waals surface area (Å²) in [4.78, 5) is 0. The number of benzene rings is 2. The van der Waals surface area contributed by atoms with Crippen LogP contribution in [-0.2, 0) is 4.74 Å². The third kappa shape index (κ3) is 3.37. The number of fused-ring (bicyclic) bond motifs is 1. The summed E-state index contributed by atoms with van der Waals surface area (Å²) in [5.41, 5.74) is 0.862. The molecule has 20 heavy (non-hydrogen) atoms. The number of nitrogens with one attached hydrogen (secondary N) is 2. The van der Waals surface area contributed by atoms with E-state index in [0.717, 1.165) is 16.5 Å². The fourth-order valence-electron chi connectivity index (χ4n) is 2.08. The van der Waals surface area contributed by atoms with Crippen molar-refractivity contribution in [3.8, 4) is 5.75 Å². The zero-order chi connectivity index (χ0) is 14.5. The maximum Gasteiger partial charge on any atom is 0.171 e.